The number of aromatic nitrogens is 2. The first-order chi connectivity index (χ1) is 7.79. The molecule has 0 bridgehead atoms. The van der Waals surface area contributed by atoms with Crippen molar-refractivity contribution in [1.82, 2.24) is 9.97 Å². The first-order valence-electron chi connectivity index (χ1n) is 5.10. The van der Waals surface area contributed by atoms with Crippen molar-refractivity contribution in [3.05, 3.63) is 60.2 Å². The molecule has 4 N–H and O–H groups in total. The lowest BCUT2D eigenvalue weighted by molar-refractivity contribution is 0.573. The van der Waals surface area contributed by atoms with Gasteiger partial charge < -0.3 is 11.5 Å². The molecule has 2 aromatic rings. The molecular weight excluding hydrogens is 200 g/mol. The molecule has 0 aliphatic carbocycles. The molecule has 0 radical (unpaired) electrons. The van der Waals surface area contributed by atoms with Crippen molar-refractivity contribution in [2.75, 3.05) is 0 Å². The normalized spacial score (nSPS) is 14.4. The van der Waals surface area contributed by atoms with Crippen molar-refractivity contribution in [2.45, 2.75) is 12.1 Å². The number of rotatable bonds is 3. The first-order valence-corrected chi connectivity index (χ1v) is 5.10. The Morgan fingerprint density at radius 1 is 0.688 bits per heavy atom. The molecule has 0 amide bonds. The van der Waals surface area contributed by atoms with E-state index in [0.717, 1.165) is 11.1 Å². The van der Waals surface area contributed by atoms with E-state index in [1.165, 1.54) is 0 Å². The summed E-state index contributed by atoms with van der Waals surface area (Å²) in [7, 11) is 0. The highest BCUT2D eigenvalue weighted by molar-refractivity contribution is 5.23. The van der Waals surface area contributed by atoms with Crippen LogP contribution in [0.3, 0.4) is 0 Å². The Balaban J connectivity index is 2.20. The van der Waals surface area contributed by atoms with Gasteiger partial charge in [-0.1, -0.05) is 0 Å². The van der Waals surface area contributed by atoms with Gasteiger partial charge in [-0.05, 0) is 35.4 Å². The molecule has 0 saturated heterocycles. The van der Waals surface area contributed by atoms with E-state index in [1.54, 1.807) is 24.8 Å². The Hall–Kier alpha value is -1.78. The van der Waals surface area contributed by atoms with E-state index in [-0.39, 0.29) is 12.1 Å². The summed E-state index contributed by atoms with van der Waals surface area (Å²) in [4.78, 5) is 7.91. The Kier molecular flexibility index (Phi) is 3.24. The van der Waals surface area contributed by atoms with E-state index >= 15 is 0 Å². The van der Waals surface area contributed by atoms with Gasteiger partial charge in [-0.15, -0.1) is 0 Å². The second-order valence-electron chi connectivity index (χ2n) is 3.61. The van der Waals surface area contributed by atoms with E-state index in [2.05, 4.69) is 9.97 Å². The van der Waals surface area contributed by atoms with Crippen LogP contribution in [0.25, 0.3) is 0 Å². The van der Waals surface area contributed by atoms with Crippen LogP contribution in [-0.2, 0) is 0 Å². The molecule has 0 aliphatic rings. The van der Waals surface area contributed by atoms with Crippen molar-refractivity contribution >= 4 is 0 Å². The highest BCUT2D eigenvalue weighted by atomic mass is 14.8. The molecule has 2 unspecified atom stereocenters. The summed E-state index contributed by atoms with van der Waals surface area (Å²) in [6.07, 6.45) is 6.87. The minimum atomic E-state index is -0.231. The third-order valence-electron chi connectivity index (χ3n) is 2.57. The third kappa shape index (κ3) is 2.24. The molecule has 82 valence electrons. The maximum atomic E-state index is 6.10. The van der Waals surface area contributed by atoms with Crippen LogP contribution in [0.1, 0.15) is 23.2 Å². The van der Waals surface area contributed by atoms with E-state index in [0.29, 0.717) is 0 Å². The lowest BCUT2D eigenvalue weighted by Gasteiger charge is -2.20. The van der Waals surface area contributed by atoms with Gasteiger partial charge in [0.15, 0.2) is 0 Å². The Morgan fingerprint density at radius 3 is 1.31 bits per heavy atom. The van der Waals surface area contributed by atoms with Gasteiger partial charge in [0.2, 0.25) is 0 Å². The topological polar surface area (TPSA) is 77.8 Å². The predicted octanol–water partition coefficient (Wildman–Crippen LogP) is 1.18. The maximum Gasteiger partial charge on any atom is 0.0492 e. The summed E-state index contributed by atoms with van der Waals surface area (Å²) in [6.45, 7) is 0. The van der Waals surface area contributed by atoms with E-state index < -0.39 is 0 Å². The standard InChI is InChI=1S/C12H14N4/c13-11(9-1-5-15-6-2-9)12(14)10-3-7-16-8-4-10/h1-8,11-12H,13-14H2. The molecule has 2 atom stereocenters. The SMILES string of the molecule is NC(c1ccncc1)C(N)c1ccncc1. The lowest BCUT2D eigenvalue weighted by atomic mass is 9.96. The number of hydrogen-bond acceptors (Lipinski definition) is 4. The molecule has 2 rings (SSSR count). The number of nitrogens with two attached hydrogens (primary N) is 2. The molecule has 0 fully saturated rings. The molecular formula is C12H14N4. The van der Waals surface area contributed by atoms with E-state index in [9.17, 15) is 0 Å². The fraction of sp³-hybridized carbons (Fsp3) is 0.167. The molecule has 0 aromatic carbocycles. The minimum absolute atomic E-state index is 0.231. The smallest absolute Gasteiger partial charge is 0.0492 e. The zero-order chi connectivity index (χ0) is 11.4. The molecule has 2 heterocycles. The van der Waals surface area contributed by atoms with Crippen LogP contribution in [0.2, 0.25) is 0 Å². The molecule has 0 aliphatic heterocycles. The highest BCUT2D eigenvalue weighted by Crippen LogP contribution is 2.23. The summed E-state index contributed by atoms with van der Waals surface area (Å²) in [5, 5.41) is 0. The predicted molar refractivity (Wildman–Crippen MR) is 62.3 cm³/mol. The van der Waals surface area contributed by atoms with Crippen molar-refractivity contribution in [2.24, 2.45) is 11.5 Å². The summed E-state index contributed by atoms with van der Waals surface area (Å²) < 4.78 is 0. The van der Waals surface area contributed by atoms with Crippen LogP contribution >= 0.6 is 0 Å². The van der Waals surface area contributed by atoms with Crippen LogP contribution in [0.4, 0.5) is 0 Å². The zero-order valence-electron chi connectivity index (χ0n) is 8.82. The van der Waals surface area contributed by atoms with Crippen molar-refractivity contribution in [3.8, 4) is 0 Å². The van der Waals surface area contributed by atoms with Gasteiger partial charge in [-0.3, -0.25) is 9.97 Å². The molecule has 4 nitrogen and oxygen atoms in total. The van der Waals surface area contributed by atoms with Crippen LogP contribution in [-0.4, -0.2) is 9.97 Å². The molecule has 2 aromatic heterocycles. The summed E-state index contributed by atoms with van der Waals surface area (Å²) in [5.41, 5.74) is 14.2. The summed E-state index contributed by atoms with van der Waals surface area (Å²) in [6, 6.07) is 7.06. The van der Waals surface area contributed by atoms with Gasteiger partial charge in [0.05, 0.1) is 0 Å². The van der Waals surface area contributed by atoms with Crippen molar-refractivity contribution in [3.63, 3.8) is 0 Å². The monoisotopic (exact) mass is 214 g/mol. The summed E-state index contributed by atoms with van der Waals surface area (Å²) >= 11 is 0. The first kappa shape index (κ1) is 10.7. The maximum absolute atomic E-state index is 6.10. The van der Waals surface area contributed by atoms with Gasteiger partial charge in [-0.2, -0.15) is 0 Å². The lowest BCUT2D eigenvalue weighted by Crippen LogP contribution is -2.26. The van der Waals surface area contributed by atoms with Crippen LogP contribution in [0.15, 0.2) is 49.1 Å². The van der Waals surface area contributed by atoms with Gasteiger partial charge in [0, 0.05) is 36.9 Å². The zero-order valence-corrected chi connectivity index (χ0v) is 8.82. The number of nitrogens with zero attached hydrogens (tertiary/aromatic N) is 2. The number of pyridine rings is 2. The highest BCUT2D eigenvalue weighted by Gasteiger charge is 2.16. The second-order valence-corrected chi connectivity index (χ2v) is 3.61. The van der Waals surface area contributed by atoms with Gasteiger partial charge in [-0.25, -0.2) is 0 Å². The molecule has 4 heteroatoms. The Bertz CT molecular complexity index is 386. The van der Waals surface area contributed by atoms with E-state index in [4.69, 9.17) is 11.5 Å². The minimum Gasteiger partial charge on any atom is -0.322 e. The second kappa shape index (κ2) is 4.83. The van der Waals surface area contributed by atoms with Crippen LogP contribution < -0.4 is 11.5 Å². The Labute approximate surface area is 94.3 Å². The molecule has 0 saturated carbocycles. The van der Waals surface area contributed by atoms with Crippen LogP contribution in [0.5, 0.6) is 0 Å². The average Bonchev–Trinajstić information content (AvgIpc) is 2.39. The van der Waals surface area contributed by atoms with Crippen LogP contribution in [0, 0.1) is 0 Å². The fourth-order valence-electron chi connectivity index (χ4n) is 1.59. The molecule has 16 heavy (non-hydrogen) atoms. The number of hydrogen-bond donors (Lipinski definition) is 2. The quantitative estimate of drug-likeness (QED) is 0.804. The third-order valence-corrected chi connectivity index (χ3v) is 2.57. The Morgan fingerprint density at radius 2 is 1.00 bits per heavy atom. The molecule has 0 spiro atoms. The van der Waals surface area contributed by atoms with E-state index in [1.807, 2.05) is 24.3 Å². The van der Waals surface area contributed by atoms with Gasteiger partial charge >= 0.3 is 0 Å². The fourth-order valence-corrected chi connectivity index (χ4v) is 1.59. The van der Waals surface area contributed by atoms with Crippen molar-refractivity contribution < 1.29 is 0 Å². The van der Waals surface area contributed by atoms with Crippen molar-refractivity contribution in [1.29, 1.82) is 0 Å². The average molecular weight is 214 g/mol. The largest absolute Gasteiger partial charge is 0.322 e. The van der Waals surface area contributed by atoms with Gasteiger partial charge in [0.25, 0.3) is 0 Å². The summed E-state index contributed by atoms with van der Waals surface area (Å²) in [5.74, 6) is 0. The van der Waals surface area contributed by atoms with Gasteiger partial charge in [0.1, 0.15) is 0 Å².